The van der Waals surface area contributed by atoms with Crippen molar-refractivity contribution in [3.05, 3.63) is 0 Å². The molecule has 5 heteroatoms. The molecule has 0 aromatic carbocycles. The molecule has 5 nitrogen and oxygen atoms in total. The van der Waals surface area contributed by atoms with Gasteiger partial charge in [0, 0.05) is 31.2 Å². The molecule has 1 heterocycles. The molecule has 2 fully saturated rings. The monoisotopic (exact) mass is 269 g/mol. The van der Waals surface area contributed by atoms with Crippen molar-refractivity contribution in [3.8, 4) is 0 Å². The highest BCUT2D eigenvalue weighted by atomic mass is 16.5. The van der Waals surface area contributed by atoms with Crippen molar-refractivity contribution in [2.75, 3.05) is 26.3 Å². The van der Waals surface area contributed by atoms with Gasteiger partial charge in [0.25, 0.3) is 0 Å². The Bertz CT molecular complexity index is 290. The van der Waals surface area contributed by atoms with Crippen LogP contribution in [0.3, 0.4) is 0 Å². The molecule has 1 saturated heterocycles. The highest BCUT2D eigenvalue weighted by Crippen LogP contribution is 2.19. The molecule has 0 bridgehead atoms. The van der Waals surface area contributed by atoms with E-state index in [-0.39, 0.29) is 12.1 Å². The van der Waals surface area contributed by atoms with Crippen LogP contribution in [-0.4, -0.2) is 55.4 Å². The lowest BCUT2D eigenvalue weighted by molar-refractivity contribution is 0.0516. The molecular weight excluding hydrogens is 242 g/mol. The summed E-state index contributed by atoms with van der Waals surface area (Å²) < 4.78 is 5.28. The second-order valence-corrected chi connectivity index (χ2v) is 5.87. The zero-order valence-electron chi connectivity index (χ0n) is 12.2. The zero-order valence-corrected chi connectivity index (χ0v) is 12.2. The average Bonchev–Trinajstić information content (AvgIpc) is 2.41. The number of ether oxygens (including phenoxy) is 1. The van der Waals surface area contributed by atoms with Crippen molar-refractivity contribution in [3.63, 3.8) is 0 Å². The van der Waals surface area contributed by atoms with Crippen molar-refractivity contribution >= 4 is 6.03 Å². The SMILES string of the molecule is CC(C)N[C@H]1CCCC[C@H]1NC(=O)N1CCOCC1. The van der Waals surface area contributed by atoms with E-state index in [0.29, 0.717) is 38.4 Å². The van der Waals surface area contributed by atoms with E-state index < -0.39 is 0 Å². The molecule has 0 radical (unpaired) electrons. The Morgan fingerprint density at radius 1 is 1.16 bits per heavy atom. The van der Waals surface area contributed by atoms with Gasteiger partial charge in [-0.25, -0.2) is 4.79 Å². The number of rotatable bonds is 3. The van der Waals surface area contributed by atoms with Crippen LogP contribution in [0.4, 0.5) is 4.79 Å². The number of urea groups is 1. The third-order valence-corrected chi connectivity index (χ3v) is 3.92. The molecule has 2 atom stereocenters. The van der Waals surface area contributed by atoms with Crippen molar-refractivity contribution in [1.82, 2.24) is 15.5 Å². The van der Waals surface area contributed by atoms with E-state index in [4.69, 9.17) is 4.74 Å². The number of nitrogens with zero attached hydrogens (tertiary/aromatic N) is 1. The van der Waals surface area contributed by atoms with Gasteiger partial charge in [-0.3, -0.25) is 0 Å². The van der Waals surface area contributed by atoms with Gasteiger partial charge in [0.15, 0.2) is 0 Å². The molecule has 2 aliphatic rings. The van der Waals surface area contributed by atoms with Gasteiger partial charge in [0.2, 0.25) is 0 Å². The number of carbonyl (C=O) groups is 1. The molecule has 0 spiro atoms. The van der Waals surface area contributed by atoms with Crippen molar-refractivity contribution in [2.24, 2.45) is 0 Å². The maximum atomic E-state index is 12.2. The van der Waals surface area contributed by atoms with Crippen molar-refractivity contribution in [1.29, 1.82) is 0 Å². The summed E-state index contributed by atoms with van der Waals surface area (Å²) in [5, 5.41) is 6.80. The van der Waals surface area contributed by atoms with Gasteiger partial charge >= 0.3 is 6.03 Å². The van der Waals surface area contributed by atoms with Crippen LogP contribution in [0.15, 0.2) is 0 Å². The van der Waals surface area contributed by atoms with Crippen LogP contribution in [-0.2, 0) is 4.74 Å². The number of hydrogen-bond donors (Lipinski definition) is 2. The molecule has 110 valence electrons. The fourth-order valence-electron chi connectivity index (χ4n) is 2.95. The first-order valence-corrected chi connectivity index (χ1v) is 7.56. The van der Waals surface area contributed by atoms with Gasteiger partial charge in [-0.1, -0.05) is 26.7 Å². The third kappa shape index (κ3) is 4.35. The minimum absolute atomic E-state index is 0.0748. The molecule has 1 aliphatic carbocycles. The molecule has 0 aromatic heterocycles. The van der Waals surface area contributed by atoms with E-state index >= 15 is 0 Å². The molecule has 0 aromatic rings. The van der Waals surface area contributed by atoms with Crippen LogP contribution in [0.1, 0.15) is 39.5 Å². The summed E-state index contributed by atoms with van der Waals surface area (Å²) >= 11 is 0. The predicted molar refractivity (Wildman–Crippen MR) is 75.2 cm³/mol. The summed E-state index contributed by atoms with van der Waals surface area (Å²) in [4.78, 5) is 14.1. The quantitative estimate of drug-likeness (QED) is 0.813. The summed E-state index contributed by atoms with van der Waals surface area (Å²) in [6, 6.07) is 1.22. The highest BCUT2D eigenvalue weighted by Gasteiger charge is 2.28. The maximum Gasteiger partial charge on any atom is 0.317 e. The van der Waals surface area contributed by atoms with Gasteiger partial charge < -0.3 is 20.3 Å². The number of hydrogen-bond acceptors (Lipinski definition) is 3. The van der Waals surface area contributed by atoms with Crippen LogP contribution in [0.2, 0.25) is 0 Å². The topological polar surface area (TPSA) is 53.6 Å². The first-order valence-electron chi connectivity index (χ1n) is 7.56. The van der Waals surface area contributed by atoms with Crippen molar-refractivity contribution < 1.29 is 9.53 Å². The summed E-state index contributed by atoms with van der Waals surface area (Å²) in [5.41, 5.74) is 0. The lowest BCUT2D eigenvalue weighted by Gasteiger charge is -2.36. The highest BCUT2D eigenvalue weighted by molar-refractivity contribution is 5.74. The van der Waals surface area contributed by atoms with Gasteiger partial charge in [-0.2, -0.15) is 0 Å². The molecule has 2 N–H and O–H groups in total. The molecule has 19 heavy (non-hydrogen) atoms. The predicted octanol–water partition coefficient (Wildman–Crippen LogP) is 1.34. The van der Waals surface area contributed by atoms with Crippen molar-refractivity contribution in [2.45, 2.75) is 57.7 Å². The van der Waals surface area contributed by atoms with Gasteiger partial charge in [0.05, 0.1) is 13.2 Å². The van der Waals surface area contributed by atoms with E-state index in [0.717, 1.165) is 12.8 Å². The van der Waals surface area contributed by atoms with E-state index in [1.807, 2.05) is 4.90 Å². The Kier molecular flexibility index (Phi) is 5.45. The third-order valence-electron chi connectivity index (χ3n) is 3.92. The minimum atomic E-state index is 0.0748. The molecular formula is C14H27N3O2. The van der Waals surface area contributed by atoms with Crippen LogP contribution in [0.25, 0.3) is 0 Å². The van der Waals surface area contributed by atoms with Crippen LogP contribution >= 0.6 is 0 Å². The Balaban J connectivity index is 1.85. The molecule has 1 saturated carbocycles. The van der Waals surface area contributed by atoms with Crippen LogP contribution in [0.5, 0.6) is 0 Å². The Morgan fingerprint density at radius 3 is 2.42 bits per heavy atom. The number of carbonyl (C=O) groups excluding carboxylic acids is 1. The number of morpholine rings is 1. The Hall–Kier alpha value is -0.810. The fourth-order valence-corrected chi connectivity index (χ4v) is 2.95. The second kappa shape index (κ2) is 7.10. The average molecular weight is 269 g/mol. The maximum absolute atomic E-state index is 12.2. The summed E-state index contributed by atoms with van der Waals surface area (Å²) in [7, 11) is 0. The lowest BCUT2D eigenvalue weighted by atomic mass is 9.90. The lowest BCUT2D eigenvalue weighted by Crippen LogP contribution is -2.57. The fraction of sp³-hybridized carbons (Fsp3) is 0.929. The van der Waals surface area contributed by atoms with E-state index in [2.05, 4.69) is 24.5 Å². The second-order valence-electron chi connectivity index (χ2n) is 5.87. The largest absolute Gasteiger partial charge is 0.378 e. The summed E-state index contributed by atoms with van der Waals surface area (Å²) in [6.07, 6.45) is 4.71. The normalized spacial score (nSPS) is 28.5. The molecule has 0 unspecified atom stereocenters. The van der Waals surface area contributed by atoms with Gasteiger partial charge in [-0.15, -0.1) is 0 Å². The standard InChI is InChI=1S/C14H27N3O2/c1-11(2)15-12-5-3-4-6-13(12)16-14(18)17-7-9-19-10-8-17/h11-13,15H,3-10H2,1-2H3,(H,16,18)/t12-,13+/m0/s1. The Morgan fingerprint density at radius 2 is 1.79 bits per heavy atom. The zero-order chi connectivity index (χ0) is 13.7. The van der Waals surface area contributed by atoms with Gasteiger partial charge in [-0.05, 0) is 12.8 Å². The summed E-state index contributed by atoms with van der Waals surface area (Å²) in [6.45, 7) is 7.06. The Labute approximate surface area is 116 Å². The minimum Gasteiger partial charge on any atom is -0.378 e. The van der Waals surface area contributed by atoms with E-state index in [1.165, 1.54) is 12.8 Å². The first-order chi connectivity index (χ1) is 9.16. The number of amides is 2. The molecule has 2 amide bonds. The molecule has 1 aliphatic heterocycles. The van der Waals surface area contributed by atoms with E-state index in [1.54, 1.807) is 0 Å². The van der Waals surface area contributed by atoms with E-state index in [9.17, 15) is 4.79 Å². The first kappa shape index (κ1) is 14.6. The summed E-state index contributed by atoms with van der Waals surface area (Å²) in [5.74, 6) is 0. The smallest absolute Gasteiger partial charge is 0.317 e. The molecule has 2 rings (SSSR count). The van der Waals surface area contributed by atoms with Crippen LogP contribution < -0.4 is 10.6 Å². The van der Waals surface area contributed by atoms with Crippen LogP contribution in [0, 0.1) is 0 Å². The number of nitrogens with one attached hydrogen (secondary N) is 2. The van der Waals surface area contributed by atoms with Gasteiger partial charge in [0.1, 0.15) is 0 Å².